The Morgan fingerprint density at radius 2 is 0.537 bits per heavy atom. The molecule has 0 N–H and O–H groups in total. The molecule has 0 spiro atoms. The van der Waals surface area contributed by atoms with Crippen molar-refractivity contribution in [3.05, 3.63) is 453 Å². The van der Waals surface area contributed by atoms with Crippen LogP contribution in [0.5, 0.6) is 0 Å². The van der Waals surface area contributed by atoms with Crippen LogP contribution in [-0.4, -0.2) is 73.8 Å². The molecule has 0 atom stereocenters. The molecule has 0 fully saturated rings. The molecule has 0 aliphatic rings. The summed E-state index contributed by atoms with van der Waals surface area (Å²) in [7, 11) is 0. The first-order valence-corrected chi connectivity index (χ1v) is 44.4. The maximum absolute atomic E-state index is 4.51. The number of nitrogens with zero attached hydrogens (tertiary/aromatic N) is 15. The minimum Gasteiger partial charge on any atom is -0.320 e. The van der Waals surface area contributed by atoms with E-state index in [1.54, 1.807) is 0 Å². The zero-order chi connectivity index (χ0) is 90.6. The van der Waals surface area contributed by atoms with Crippen LogP contribution in [0.4, 0.5) is 0 Å². The van der Waals surface area contributed by atoms with Crippen molar-refractivity contribution in [2.45, 2.75) is 106 Å². The van der Waals surface area contributed by atoms with Crippen molar-refractivity contribution >= 4 is 0 Å². The molecule has 0 aliphatic heterocycles. The van der Waals surface area contributed by atoms with Gasteiger partial charge in [0.15, 0.2) is 0 Å². The predicted molar refractivity (Wildman–Crippen MR) is 530 cm³/mol. The Morgan fingerprint density at radius 3 is 0.882 bits per heavy atom. The van der Waals surface area contributed by atoms with Crippen molar-refractivity contribution in [3.63, 3.8) is 0 Å². The van der Waals surface area contributed by atoms with Crippen molar-refractivity contribution in [2.24, 2.45) is 0 Å². The van der Waals surface area contributed by atoms with E-state index in [2.05, 4.69) is 410 Å². The summed E-state index contributed by atoms with van der Waals surface area (Å²) >= 11 is 0. The third kappa shape index (κ3) is 24.9. The van der Waals surface area contributed by atoms with Crippen LogP contribution in [0, 0.1) is 51.1 Å². The van der Waals surface area contributed by atoms with Gasteiger partial charge in [0.05, 0.1) is 29.1 Å². The van der Waals surface area contributed by atoms with Crippen molar-refractivity contribution in [1.82, 2.24) is 73.8 Å². The first-order chi connectivity index (χ1) is 64.0. The summed E-state index contributed by atoms with van der Waals surface area (Å²) in [4.78, 5) is 0. The smallest absolute Gasteiger partial charge is 0.133 e. The van der Waals surface area contributed by atoms with Gasteiger partial charge in [0.1, 0.15) is 29.1 Å². The molecule has 0 amide bonds. The second-order valence-corrected chi connectivity index (χ2v) is 33.5. The van der Waals surface area contributed by atoms with Gasteiger partial charge in [-0.3, -0.25) is 0 Å². The Hall–Kier alpha value is -12.8. The van der Waals surface area contributed by atoms with E-state index in [0.29, 0.717) is 0 Å². The zero-order valence-electron chi connectivity index (χ0n) is 77.3. The van der Waals surface area contributed by atoms with Crippen LogP contribution in [0.25, 0.3) is 141 Å². The van der Waals surface area contributed by atoms with Gasteiger partial charge in [0, 0.05) is 153 Å². The minimum atomic E-state index is -0.127. The van der Waals surface area contributed by atoms with E-state index in [9.17, 15) is 0 Å². The van der Waals surface area contributed by atoms with Gasteiger partial charge in [-0.1, -0.05) is 256 Å². The molecule has 0 saturated carbocycles. The van der Waals surface area contributed by atoms with Crippen LogP contribution in [0.3, 0.4) is 0 Å². The van der Waals surface area contributed by atoms with E-state index < -0.39 is 0 Å². The third-order valence-electron chi connectivity index (χ3n) is 22.4. The Balaban J connectivity index is 0.000000162. The second kappa shape index (κ2) is 49.7. The van der Waals surface area contributed by atoms with Crippen molar-refractivity contribution in [2.75, 3.05) is 0 Å². The number of aryl methyl sites for hydroxylation is 4. The predicted octanol–water partition coefficient (Wildman–Crippen LogP) is 27.4. The average Bonchev–Trinajstić information content (AvgIpc) is 1.66. The molecule has 15 nitrogen and oxygen atoms in total. The molecule has 15 aromatic carbocycles. The van der Waals surface area contributed by atoms with E-state index in [0.717, 1.165) is 127 Å². The fourth-order valence-electron chi connectivity index (χ4n) is 15.7. The molecule has 5 heterocycles. The monoisotopic (exact) mass is 2670 g/mol. The third-order valence-corrected chi connectivity index (χ3v) is 22.4. The summed E-state index contributed by atoms with van der Waals surface area (Å²) in [6.07, 6.45) is 1.92. The molecule has 20 heteroatoms. The van der Waals surface area contributed by atoms with Gasteiger partial charge in [0.2, 0.25) is 0 Å². The SMILES string of the molecule is CC(C)(C)c1nnc(-c2[c-]cccc2)n1-c1ccc(-c2ccccc2)cc1.CC(C)c1nnc(-c2[c-]cccc2)n1-c1ccc(-c2ccccc2)cc1.CCCc1nnc(-c2[c-]cccc2)n1-c1ccc(-c2ccccc2)cc1.Cc1ccccc1-c1ccc(-n2c(-c3[c-]cccc3)nnc2C(C)C)cc1C.Cc1nnc(-c2[c-]cccc2)n1-c1ccc(-c2ccccc2)cc1.[Ir].[Ir].[Ir].[Ir].[Ir]. The van der Waals surface area contributed by atoms with Crippen molar-refractivity contribution < 1.29 is 101 Å². The summed E-state index contributed by atoms with van der Waals surface area (Å²) in [5.41, 5.74) is 24.6. The summed E-state index contributed by atoms with van der Waals surface area (Å²) in [6, 6.07) is 147. The molecular formula is C116H102Ir5N15-5. The molecule has 0 aliphatic carbocycles. The molecular weight excluding hydrogens is 2560 g/mol. The summed E-state index contributed by atoms with van der Waals surface area (Å²) < 4.78 is 10.6. The van der Waals surface area contributed by atoms with E-state index in [-0.39, 0.29) is 118 Å². The van der Waals surface area contributed by atoms with Gasteiger partial charge in [-0.25, -0.2) is 0 Å². The van der Waals surface area contributed by atoms with Gasteiger partial charge >= 0.3 is 0 Å². The van der Waals surface area contributed by atoms with E-state index in [1.807, 2.05) is 153 Å². The fraction of sp³-hybridized carbons (Fsp3) is 0.138. The number of aromatic nitrogens is 15. The molecule has 5 radical (unpaired) electrons. The van der Waals surface area contributed by atoms with Gasteiger partial charge in [0.25, 0.3) is 0 Å². The molecule has 5 aromatic heterocycles. The Labute approximate surface area is 866 Å². The zero-order valence-corrected chi connectivity index (χ0v) is 89.3. The molecule has 136 heavy (non-hydrogen) atoms. The minimum absolute atomic E-state index is 0. The molecule has 20 rings (SSSR count). The molecule has 0 unspecified atom stereocenters. The van der Waals surface area contributed by atoms with Crippen molar-refractivity contribution in [3.8, 4) is 141 Å². The number of hydrogen-bond acceptors (Lipinski definition) is 10. The van der Waals surface area contributed by atoms with E-state index >= 15 is 0 Å². The van der Waals surface area contributed by atoms with Crippen LogP contribution >= 0.6 is 0 Å². The van der Waals surface area contributed by atoms with Gasteiger partial charge in [-0.15, -0.1) is 205 Å². The first kappa shape index (κ1) is 104. The molecule has 0 saturated heterocycles. The van der Waals surface area contributed by atoms with E-state index in [1.165, 1.54) is 66.8 Å². The van der Waals surface area contributed by atoms with Crippen LogP contribution in [0.1, 0.15) is 114 Å². The van der Waals surface area contributed by atoms with E-state index in [4.69, 9.17) is 0 Å². The standard InChI is InChI=1S/C25H24N3.C24H22N3.2C23H20N3.C21H16N3.5Ir/c1-17(2)24-26-27-25(20-11-6-5-7-12-20)28(24)21-14-15-23(19(4)16-21)22-13-9-8-10-18(22)3;1-24(2,3)23-26-25-22(20-12-8-5-9-13-20)27(23)21-16-14-19(15-17-21)18-10-6-4-7-11-18;1-17(2)22-24-25-23(20-11-7-4-8-12-20)26(22)21-15-13-19(14-16-21)18-9-5-3-6-10-18;1-2-9-22-24-25-23(20-12-7-4-8-13-20)26(22)21-16-14-19(15-17-21)18-10-5-3-6-11-18;1-16-22-23-21(19-10-6-3-7-11-19)24(16)20-14-12-18(13-15-20)17-8-4-2-5-9-17;;;;;/h5-11,13-17H,1-4H3;4-12,14-17H,1-3H3;3-11,13-17H,1-2H3;3-8,10-12,14-17H,2,9H2,1H3;2-10,12-15H,1H3;;;;;/q5*-1;;;;;. The number of rotatable bonds is 19. The normalized spacial score (nSPS) is 10.7. The topological polar surface area (TPSA) is 154 Å². The molecule has 20 aromatic rings. The fourth-order valence-corrected chi connectivity index (χ4v) is 15.7. The largest absolute Gasteiger partial charge is 0.320 e. The van der Waals surface area contributed by atoms with Gasteiger partial charge < -0.3 is 22.8 Å². The Morgan fingerprint density at radius 1 is 0.257 bits per heavy atom. The summed E-state index contributed by atoms with van der Waals surface area (Å²) in [6.45, 7) is 23.5. The van der Waals surface area contributed by atoms with Crippen LogP contribution in [0.15, 0.2) is 382 Å². The molecule has 691 valence electrons. The quantitative estimate of drug-likeness (QED) is 0.0715. The van der Waals surface area contributed by atoms with Crippen molar-refractivity contribution in [1.29, 1.82) is 0 Å². The Kier molecular flexibility index (Phi) is 37.9. The van der Waals surface area contributed by atoms with Crippen LogP contribution in [0.2, 0.25) is 0 Å². The van der Waals surface area contributed by atoms with Gasteiger partial charge in [-0.05, 0) is 155 Å². The number of hydrogen-bond donors (Lipinski definition) is 0. The average molecular weight is 2670 g/mol. The summed E-state index contributed by atoms with van der Waals surface area (Å²) in [5.74, 6) is 9.31. The maximum atomic E-state index is 4.51. The van der Waals surface area contributed by atoms with Crippen LogP contribution in [-0.2, 0) is 112 Å². The van der Waals surface area contributed by atoms with Crippen LogP contribution < -0.4 is 0 Å². The Bertz CT molecular complexity index is 7040. The van der Waals surface area contributed by atoms with Gasteiger partial charge in [-0.2, -0.15) is 25.5 Å². The first-order valence-electron chi connectivity index (χ1n) is 44.4. The maximum Gasteiger partial charge on any atom is 0.133 e. The molecule has 0 bridgehead atoms. The number of benzene rings is 15. The summed E-state index contributed by atoms with van der Waals surface area (Å²) in [5, 5.41) is 44.3. The second-order valence-electron chi connectivity index (χ2n) is 33.5.